The number of hydrogen-bond acceptors (Lipinski definition) is 7. The summed E-state index contributed by atoms with van der Waals surface area (Å²) in [6.07, 6.45) is 11.0. The SMILES string of the molecule is CCO[C@@H](C(C[C@@H](C)[C@H]1C[C@H](O)C(C)(C)[C@]1(C)CCC12CCC[C@H]3C(C)(C)[C@@H](O[C@H]4CNCCO4)CC[C@@]31C2)OC)C(C)(C)O. The summed E-state index contributed by atoms with van der Waals surface area (Å²) in [6, 6.07) is 0. The number of aliphatic hydroxyl groups is 2. The van der Waals surface area contributed by atoms with E-state index in [0.717, 1.165) is 45.4 Å². The molecule has 2 unspecified atom stereocenters. The highest BCUT2D eigenvalue weighted by Crippen LogP contribution is 2.82. The molecule has 7 heteroatoms. The van der Waals surface area contributed by atoms with E-state index >= 15 is 0 Å². The predicted octanol–water partition coefficient (Wildman–Crippen LogP) is 6.72. The standard InChI is InChI=1S/C38H69NO6/c1-11-43-32(35(7,8)41)27(42-10)21-25(2)26-22-29(40)34(5,6)36(26,9)17-18-37-15-12-13-28-33(3,4)30(14-16-38(28,37)24-37)45-31-23-39-19-20-44-31/h25-32,39-41H,11-24H2,1-10H3/t25-,26-,27?,28+,29+,30+,31+,32+,36-,37?,38-/m1/s1. The average Bonchev–Trinajstić information content (AvgIpc) is 3.61. The summed E-state index contributed by atoms with van der Waals surface area (Å²) in [5, 5.41) is 25.9. The van der Waals surface area contributed by atoms with Crippen molar-refractivity contribution in [2.75, 3.05) is 33.4 Å². The molecule has 262 valence electrons. The number of aliphatic hydroxyl groups excluding tert-OH is 1. The number of morpholine rings is 1. The van der Waals surface area contributed by atoms with Gasteiger partial charge in [0.15, 0.2) is 6.29 Å². The number of rotatable bonds is 13. The molecule has 7 nitrogen and oxygen atoms in total. The van der Waals surface area contributed by atoms with Crippen molar-refractivity contribution in [1.29, 1.82) is 0 Å². The Bertz CT molecular complexity index is 1000. The monoisotopic (exact) mass is 636 g/mol. The molecule has 3 N–H and O–H groups in total. The molecule has 4 aliphatic carbocycles. The lowest BCUT2D eigenvalue weighted by Crippen LogP contribution is -2.53. The lowest BCUT2D eigenvalue weighted by molar-refractivity contribution is -0.228. The zero-order valence-corrected chi connectivity index (χ0v) is 30.5. The third-order valence-corrected chi connectivity index (χ3v) is 14.9. The lowest BCUT2D eigenvalue weighted by Gasteiger charge is -2.55. The second-order valence-electron chi connectivity index (χ2n) is 18.1. The van der Waals surface area contributed by atoms with Gasteiger partial charge in [0.1, 0.15) is 6.10 Å². The van der Waals surface area contributed by atoms with Gasteiger partial charge in [-0.1, -0.05) is 48.0 Å². The Hall–Kier alpha value is -0.280. The van der Waals surface area contributed by atoms with Crippen molar-refractivity contribution in [2.45, 2.75) is 163 Å². The van der Waals surface area contributed by atoms with E-state index < -0.39 is 11.7 Å². The van der Waals surface area contributed by atoms with Crippen molar-refractivity contribution in [2.24, 2.45) is 44.8 Å². The van der Waals surface area contributed by atoms with E-state index in [0.29, 0.717) is 35.2 Å². The molecule has 11 atom stereocenters. The van der Waals surface area contributed by atoms with Crippen molar-refractivity contribution >= 4 is 0 Å². The first-order valence-corrected chi connectivity index (χ1v) is 18.5. The molecule has 5 fully saturated rings. The molecule has 0 radical (unpaired) electrons. The molecular formula is C38H69NO6. The van der Waals surface area contributed by atoms with Gasteiger partial charge in [0.25, 0.3) is 0 Å². The average molecular weight is 636 g/mol. The van der Waals surface area contributed by atoms with E-state index in [1.165, 1.54) is 38.5 Å². The highest BCUT2D eigenvalue weighted by molar-refractivity contribution is 5.24. The van der Waals surface area contributed by atoms with Crippen molar-refractivity contribution < 1.29 is 29.2 Å². The van der Waals surface area contributed by atoms with Crippen molar-refractivity contribution in [3.8, 4) is 0 Å². The van der Waals surface area contributed by atoms with Crippen LogP contribution in [-0.2, 0) is 18.9 Å². The second kappa shape index (κ2) is 12.9. The Morgan fingerprint density at radius 1 is 1.07 bits per heavy atom. The summed E-state index contributed by atoms with van der Waals surface area (Å²) in [5.74, 6) is 1.40. The number of ether oxygens (including phenoxy) is 4. The van der Waals surface area contributed by atoms with E-state index in [4.69, 9.17) is 18.9 Å². The predicted molar refractivity (Wildman–Crippen MR) is 179 cm³/mol. The van der Waals surface area contributed by atoms with Crippen LogP contribution in [0.5, 0.6) is 0 Å². The van der Waals surface area contributed by atoms with Crippen LogP contribution in [0.15, 0.2) is 0 Å². The van der Waals surface area contributed by atoms with Gasteiger partial charge in [0, 0.05) is 26.8 Å². The maximum Gasteiger partial charge on any atom is 0.170 e. The van der Waals surface area contributed by atoms with Crippen LogP contribution in [0.2, 0.25) is 0 Å². The smallest absolute Gasteiger partial charge is 0.170 e. The molecular weight excluding hydrogens is 566 g/mol. The van der Waals surface area contributed by atoms with Crippen LogP contribution in [0, 0.1) is 44.8 Å². The molecule has 1 aliphatic heterocycles. The van der Waals surface area contributed by atoms with Crippen LogP contribution in [-0.4, -0.2) is 79.9 Å². The Morgan fingerprint density at radius 3 is 2.42 bits per heavy atom. The number of methoxy groups -OCH3 is 1. The largest absolute Gasteiger partial charge is 0.393 e. The minimum absolute atomic E-state index is 0.00654. The third kappa shape index (κ3) is 6.21. The molecule has 0 aromatic rings. The van der Waals surface area contributed by atoms with Crippen LogP contribution in [0.25, 0.3) is 0 Å². The Labute approximate surface area is 275 Å². The molecule has 4 saturated carbocycles. The molecule has 0 aromatic heterocycles. The highest BCUT2D eigenvalue weighted by Gasteiger charge is 2.75. The third-order valence-electron chi connectivity index (χ3n) is 14.9. The van der Waals surface area contributed by atoms with Gasteiger partial charge in [0.05, 0.1) is 30.5 Å². The van der Waals surface area contributed by atoms with E-state index in [2.05, 4.69) is 46.9 Å². The van der Waals surface area contributed by atoms with E-state index in [-0.39, 0.29) is 40.8 Å². The first-order chi connectivity index (χ1) is 21.0. The topological polar surface area (TPSA) is 89.4 Å². The molecule has 1 spiro atoms. The molecule has 5 rings (SSSR count). The molecule has 45 heavy (non-hydrogen) atoms. The molecule has 5 aliphatic rings. The van der Waals surface area contributed by atoms with Crippen LogP contribution < -0.4 is 5.32 Å². The fraction of sp³-hybridized carbons (Fsp3) is 1.00. The summed E-state index contributed by atoms with van der Waals surface area (Å²) in [6.45, 7) is 23.0. The van der Waals surface area contributed by atoms with Crippen LogP contribution >= 0.6 is 0 Å². The summed E-state index contributed by atoms with van der Waals surface area (Å²) in [5.41, 5.74) is -0.154. The van der Waals surface area contributed by atoms with E-state index in [1.807, 2.05) is 20.8 Å². The van der Waals surface area contributed by atoms with Crippen LogP contribution in [0.4, 0.5) is 0 Å². The van der Waals surface area contributed by atoms with Crippen LogP contribution in [0.3, 0.4) is 0 Å². The van der Waals surface area contributed by atoms with Gasteiger partial charge in [0.2, 0.25) is 0 Å². The van der Waals surface area contributed by atoms with E-state index in [9.17, 15) is 10.2 Å². The fourth-order valence-electron chi connectivity index (χ4n) is 11.8. The second-order valence-corrected chi connectivity index (χ2v) is 18.1. The van der Waals surface area contributed by atoms with Gasteiger partial charge < -0.3 is 34.5 Å². The number of nitrogens with one attached hydrogen (secondary N) is 1. The van der Waals surface area contributed by atoms with Crippen molar-refractivity contribution in [3.63, 3.8) is 0 Å². The summed E-state index contributed by atoms with van der Waals surface area (Å²) in [7, 11) is 1.74. The maximum absolute atomic E-state index is 11.5. The Kier molecular flexibility index (Phi) is 10.3. The highest BCUT2D eigenvalue weighted by atomic mass is 16.7. The van der Waals surface area contributed by atoms with Gasteiger partial charge in [-0.25, -0.2) is 0 Å². The zero-order valence-electron chi connectivity index (χ0n) is 30.5. The molecule has 0 amide bonds. The maximum atomic E-state index is 11.5. The molecule has 0 bridgehead atoms. The van der Waals surface area contributed by atoms with Gasteiger partial charge >= 0.3 is 0 Å². The summed E-state index contributed by atoms with van der Waals surface area (Å²) < 4.78 is 24.7. The first-order valence-electron chi connectivity index (χ1n) is 18.5. The Morgan fingerprint density at radius 2 is 1.80 bits per heavy atom. The van der Waals surface area contributed by atoms with Gasteiger partial charge in [-0.3, -0.25) is 0 Å². The zero-order chi connectivity index (χ0) is 33.1. The fourth-order valence-corrected chi connectivity index (χ4v) is 11.8. The quantitative estimate of drug-likeness (QED) is 0.207. The van der Waals surface area contributed by atoms with Crippen molar-refractivity contribution in [3.05, 3.63) is 0 Å². The molecule has 1 saturated heterocycles. The normalized spacial score (nSPS) is 42.8. The van der Waals surface area contributed by atoms with E-state index in [1.54, 1.807) is 7.11 Å². The van der Waals surface area contributed by atoms with Gasteiger partial charge in [-0.2, -0.15) is 0 Å². The van der Waals surface area contributed by atoms with Crippen LogP contribution in [0.1, 0.15) is 127 Å². The minimum Gasteiger partial charge on any atom is -0.393 e. The lowest BCUT2D eigenvalue weighted by atomic mass is 9.52. The summed E-state index contributed by atoms with van der Waals surface area (Å²) in [4.78, 5) is 0. The van der Waals surface area contributed by atoms with Gasteiger partial charge in [-0.15, -0.1) is 0 Å². The minimum atomic E-state index is -0.997. The summed E-state index contributed by atoms with van der Waals surface area (Å²) >= 11 is 0. The van der Waals surface area contributed by atoms with Crippen molar-refractivity contribution in [1.82, 2.24) is 5.32 Å². The Balaban J connectivity index is 1.31. The number of hydrogen-bond donors (Lipinski definition) is 3. The molecule has 0 aromatic carbocycles. The van der Waals surface area contributed by atoms with Gasteiger partial charge in [-0.05, 0) is 123 Å². The first kappa shape index (κ1) is 36.0. The molecule has 1 heterocycles.